The van der Waals surface area contributed by atoms with Crippen molar-refractivity contribution < 1.29 is 4.90 Å². The molecule has 1 aromatic carbocycles. The van der Waals surface area contributed by atoms with Gasteiger partial charge >= 0.3 is 0 Å². The number of hydrogen-bond donors (Lipinski definition) is 2. The molecule has 2 atom stereocenters. The van der Waals surface area contributed by atoms with Gasteiger partial charge in [0.1, 0.15) is 6.54 Å². The number of pyridine rings is 1. The van der Waals surface area contributed by atoms with Crippen LogP contribution in [0.5, 0.6) is 0 Å². The first-order valence-electron chi connectivity index (χ1n) is 8.65. The first kappa shape index (κ1) is 16.1. The highest BCUT2D eigenvalue weighted by Crippen LogP contribution is 2.18. The second-order valence-corrected chi connectivity index (χ2v) is 7.16. The van der Waals surface area contributed by atoms with Crippen LogP contribution in [0.2, 0.25) is 0 Å². The molecule has 0 aliphatic carbocycles. The highest BCUT2D eigenvalue weighted by molar-refractivity contribution is 5.83. The van der Waals surface area contributed by atoms with Crippen LogP contribution in [-0.2, 0) is 6.54 Å². The Bertz CT molecular complexity index is 763. The molecule has 4 nitrogen and oxygen atoms in total. The maximum atomic E-state index is 13.1. The minimum absolute atomic E-state index is 0.199. The number of likely N-dealkylation sites (tertiary alicyclic amines) is 1. The Morgan fingerprint density at radius 1 is 1.30 bits per heavy atom. The molecule has 2 aromatic rings. The molecule has 1 aromatic heterocycles. The van der Waals surface area contributed by atoms with Crippen molar-refractivity contribution in [3.63, 3.8) is 0 Å². The second-order valence-electron chi connectivity index (χ2n) is 7.16. The molecule has 124 valence electrons. The van der Waals surface area contributed by atoms with Crippen molar-refractivity contribution in [3.05, 3.63) is 39.7 Å². The number of quaternary nitrogens is 1. The standard InChI is InChI=1S/C19H27N3O/c1-13-7-5-6-10-22(13)12-17-14(2)20-18-9-8-15(21(3)4)11-16(18)19(17)23/h8-9,11,13H,5-7,10,12H2,1-4H3,(H,20,23)/p+1. The van der Waals surface area contributed by atoms with E-state index in [1.165, 1.54) is 25.8 Å². The molecule has 1 fully saturated rings. The maximum Gasteiger partial charge on any atom is 0.198 e. The maximum absolute atomic E-state index is 13.1. The van der Waals surface area contributed by atoms with Gasteiger partial charge in [-0.05, 0) is 51.3 Å². The Morgan fingerprint density at radius 3 is 2.78 bits per heavy atom. The summed E-state index contributed by atoms with van der Waals surface area (Å²) in [5, 5.41) is 0.806. The Hall–Kier alpha value is -1.81. The molecular weight excluding hydrogens is 286 g/mol. The zero-order chi connectivity index (χ0) is 16.6. The summed E-state index contributed by atoms with van der Waals surface area (Å²) in [6, 6.07) is 6.71. The van der Waals surface area contributed by atoms with Crippen LogP contribution < -0.4 is 15.2 Å². The van der Waals surface area contributed by atoms with Crippen LogP contribution in [0.4, 0.5) is 5.69 Å². The van der Waals surface area contributed by atoms with Crippen LogP contribution >= 0.6 is 0 Å². The van der Waals surface area contributed by atoms with Gasteiger partial charge in [-0.1, -0.05) is 0 Å². The van der Waals surface area contributed by atoms with Crippen molar-refractivity contribution in [2.24, 2.45) is 0 Å². The van der Waals surface area contributed by atoms with Gasteiger partial charge in [0.15, 0.2) is 5.43 Å². The number of anilines is 1. The van der Waals surface area contributed by atoms with Crippen molar-refractivity contribution in [1.29, 1.82) is 0 Å². The summed E-state index contributed by atoms with van der Waals surface area (Å²) in [6.07, 6.45) is 3.86. The van der Waals surface area contributed by atoms with Crippen LogP contribution in [0.15, 0.2) is 23.0 Å². The topological polar surface area (TPSA) is 40.5 Å². The van der Waals surface area contributed by atoms with E-state index in [0.717, 1.165) is 34.4 Å². The Labute approximate surface area is 138 Å². The largest absolute Gasteiger partial charge is 0.378 e. The van der Waals surface area contributed by atoms with Gasteiger partial charge in [-0.2, -0.15) is 0 Å². The van der Waals surface area contributed by atoms with Gasteiger partial charge in [0.2, 0.25) is 0 Å². The molecule has 23 heavy (non-hydrogen) atoms. The summed E-state index contributed by atoms with van der Waals surface area (Å²) >= 11 is 0. The molecular formula is C19H28N3O+. The number of aromatic nitrogens is 1. The van der Waals surface area contributed by atoms with Crippen molar-refractivity contribution in [2.45, 2.75) is 45.7 Å². The molecule has 4 heteroatoms. The molecule has 2 heterocycles. The van der Waals surface area contributed by atoms with E-state index in [0.29, 0.717) is 6.04 Å². The van der Waals surface area contributed by atoms with Gasteiger partial charge in [0.25, 0.3) is 0 Å². The normalized spacial score (nSPS) is 21.6. The van der Waals surface area contributed by atoms with Gasteiger partial charge in [-0.15, -0.1) is 0 Å². The van der Waals surface area contributed by atoms with Crippen molar-refractivity contribution >= 4 is 16.6 Å². The van der Waals surface area contributed by atoms with Gasteiger partial charge in [-0.25, -0.2) is 0 Å². The lowest BCUT2D eigenvalue weighted by molar-refractivity contribution is -0.942. The van der Waals surface area contributed by atoms with Gasteiger partial charge in [0.05, 0.1) is 18.2 Å². The van der Waals surface area contributed by atoms with Crippen LogP contribution in [0.3, 0.4) is 0 Å². The second kappa shape index (κ2) is 6.36. The molecule has 3 rings (SSSR count). The van der Waals surface area contributed by atoms with E-state index in [-0.39, 0.29) is 5.43 Å². The molecule has 0 amide bonds. The van der Waals surface area contributed by atoms with Crippen LogP contribution in [-0.4, -0.2) is 31.7 Å². The Kier molecular flexibility index (Phi) is 4.44. The van der Waals surface area contributed by atoms with Crippen LogP contribution in [0, 0.1) is 6.92 Å². The van der Waals surface area contributed by atoms with Gasteiger partial charge in [-0.3, -0.25) is 4.79 Å². The lowest BCUT2D eigenvalue weighted by Gasteiger charge is -2.30. The molecule has 1 saturated heterocycles. The van der Waals surface area contributed by atoms with E-state index in [1.807, 2.05) is 38.1 Å². The van der Waals surface area contributed by atoms with E-state index in [9.17, 15) is 4.79 Å². The zero-order valence-electron chi connectivity index (χ0n) is 14.7. The summed E-state index contributed by atoms with van der Waals surface area (Å²) in [5.74, 6) is 0. The Balaban J connectivity index is 2.04. The fourth-order valence-electron chi connectivity index (χ4n) is 3.67. The Morgan fingerprint density at radius 2 is 2.09 bits per heavy atom. The van der Waals surface area contributed by atoms with Crippen molar-refractivity contribution in [1.82, 2.24) is 4.98 Å². The lowest BCUT2D eigenvalue weighted by atomic mass is 10.0. The summed E-state index contributed by atoms with van der Waals surface area (Å²) < 4.78 is 0. The predicted molar refractivity (Wildman–Crippen MR) is 96.5 cm³/mol. The molecule has 0 spiro atoms. The van der Waals surface area contributed by atoms with E-state index in [4.69, 9.17) is 0 Å². The summed E-state index contributed by atoms with van der Waals surface area (Å²) in [4.78, 5) is 20.1. The molecule has 1 aliphatic rings. The number of benzene rings is 1. The number of H-pyrrole nitrogens is 1. The van der Waals surface area contributed by atoms with Crippen molar-refractivity contribution in [3.8, 4) is 0 Å². The van der Waals surface area contributed by atoms with E-state index < -0.39 is 0 Å². The minimum atomic E-state index is 0.199. The summed E-state index contributed by atoms with van der Waals surface area (Å²) in [6.45, 7) is 6.35. The third-order valence-electron chi connectivity index (χ3n) is 5.30. The molecule has 0 bridgehead atoms. The third-order valence-corrected chi connectivity index (χ3v) is 5.30. The fraction of sp³-hybridized carbons (Fsp3) is 0.526. The molecule has 2 unspecified atom stereocenters. The molecule has 0 radical (unpaired) electrons. The van der Waals surface area contributed by atoms with Gasteiger partial charge < -0.3 is 14.8 Å². The van der Waals surface area contributed by atoms with Crippen molar-refractivity contribution in [2.75, 3.05) is 25.5 Å². The predicted octanol–water partition coefficient (Wildman–Crippen LogP) is 1.86. The highest BCUT2D eigenvalue weighted by atomic mass is 16.1. The summed E-state index contributed by atoms with van der Waals surface area (Å²) in [7, 11) is 4.01. The lowest BCUT2D eigenvalue weighted by Crippen LogP contribution is -3.15. The number of rotatable bonds is 3. The molecule has 1 aliphatic heterocycles. The smallest absolute Gasteiger partial charge is 0.198 e. The number of nitrogens with zero attached hydrogens (tertiary/aromatic N) is 1. The number of aryl methyl sites for hydroxylation is 1. The number of hydrogen-bond acceptors (Lipinski definition) is 2. The summed E-state index contributed by atoms with van der Waals surface area (Å²) in [5.41, 5.74) is 4.17. The minimum Gasteiger partial charge on any atom is -0.378 e. The highest BCUT2D eigenvalue weighted by Gasteiger charge is 2.24. The quantitative estimate of drug-likeness (QED) is 0.908. The van der Waals surface area contributed by atoms with E-state index >= 15 is 0 Å². The average Bonchev–Trinajstić information content (AvgIpc) is 2.52. The number of nitrogens with one attached hydrogen (secondary N) is 2. The first-order chi connectivity index (χ1) is 11.0. The average molecular weight is 314 g/mol. The van der Waals surface area contributed by atoms with Crippen LogP contribution in [0.1, 0.15) is 37.4 Å². The number of piperidine rings is 1. The first-order valence-corrected chi connectivity index (χ1v) is 8.65. The van der Waals surface area contributed by atoms with Crippen LogP contribution in [0.25, 0.3) is 10.9 Å². The monoisotopic (exact) mass is 314 g/mol. The van der Waals surface area contributed by atoms with E-state index in [2.05, 4.69) is 18.0 Å². The molecule has 2 N–H and O–H groups in total. The van der Waals surface area contributed by atoms with Gasteiger partial charge in [0, 0.05) is 36.4 Å². The van der Waals surface area contributed by atoms with E-state index in [1.54, 1.807) is 4.90 Å². The SMILES string of the molecule is Cc1[nH]c2ccc(N(C)C)cc2c(=O)c1C[NH+]1CCCCC1C. The number of aromatic amines is 1. The zero-order valence-corrected chi connectivity index (χ0v) is 14.7. The third kappa shape index (κ3) is 3.13. The molecule has 0 saturated carbocycles. The fourth-order valence-corrected chi connectivity index (χ4v) is 3.67. The number of fused-ring (bicyclic) bond motifs is 1.